The van der Waals surface area contributed by atoms with Crippen LogP contribution in [-0.2, 0) is 4.79 Å². The molecule has 3 heterocycles. The van der Waals surface area contributed by atoms with Crippen LogP contribution >= 0.6 is 0 Å². The Balaban J connectivity index is 1.45. The predicted molar refractivity (Wildman–Crippen MR) is 126 cm³/mol. The summed E-state index contributed by atoms with van der Waals surface area (Å²) < 4.78 is 0. The molecule has 1 aromatic carbocycles. The number of nitrogens with zero attached hydrogens (tertiary/aromatic N) is 6. The fraction of sp³-hybridized carbons (Fsp3) is 0.400. The first-order chi connectivity index (χ1) is 15.8. The van der Waals surface area contributed by atoms with E-state index < -0.39 is 5.92 Å². The molecule has 1 unspecified atom stereocenters. The smallest absolute Gasteiger partial charge is 0.261 e. The van der Waals surface area contributed by atoms with E-state index in [4.69, 9.17) is 5.26 Å². The van der Waals surface area contributed by atoms with Gasteiger partial charge in [0.05, 0.1) is 17.2 Å². The molecule has 1 aromatic heterocycles. The summed E-state index contributed by atoms with van der Waals surface area (Å²) in [5, 5.41) is 14.6. The minimum Gasteiger partial charge on any atom is -0.336 e. The van der Waals surface area contributed by atoms with Crippen LogP contribution in [0, 0.1) is 18.3 Å². The van der Waals surface area contributed by atoms with E-state index in [0.717, 1.165) is 17.7 Å². The molecule has 2 aliphatic heterocycles. The van der Waals surface area contributed by atoms with Crippen molar-refractivity contribution >= 4 is 23.8 Å². The molecule has 2 aliphatic rings. The Kier molecular flexibility index (Phi) is 6.25. The van der Waals surface area contributed by atoms with E-state index in [1.54, 1.807) is 36.5 Å². The number of aryl methyl sites for hydroxylation is 1. The number of piperazine rings is 1. The van der Waals surface area contributed by atoms with Crippen molar-refractivity contribution in [3.05, 3.63) is 58.8 Å². The van der Waals surface area contributed by atoms with Gasteiger partial charge in [0.15, 0.2) is 5.82 Å². The van der Waals surface area contributed by atoms with Crippen molar-refractivity contribution < 1.29 is 9.59 Å². The molecule has 33 heavy (non-hydrogen) atoms. The number of amides is 2. The average Bonchev–Trinajstić information content (AvgIpc) is 3.19. The minimum absolute atomic E-state index is 0.0494. The van der Waals surface area contributed by atoms with Crippen molar-refractivity contribution in [2.75, 3.05) is 24.6 Å². The van der Waals surface area contributed by atoms with Crippen LogP contribution < -0.4 is 5.01 Å². The monoisotopic (exact) mass is 444 g/mol. The third-order valence-electron chi connectivity index (χ3n) is 6.38. The van der Waals surface area contributed by atoms with Gasteiger partial charge in [-0.1, -0.05) is 6.07 Å². The molecule has 8 nitrogen and oxygen atoms in total. The molecule has 1 fully saturated rings. The lowest BCUT2D eigenvalue weighted by atomic mass is 9.94. The topological polar surface area (TPSA) is 92.9 Å². The molecule has 0 N–H and O–H groups in total. The maximum atomic E-state index is 13.0. The lowest BCUT2D eigenvalue weighted by Gasteiger charge is -2.42. The van der Waals surface area contributed by atoms with Crippen LogP contribution in [0.3, 0.4) is 0 Å². The second-order valence-electron chi connectivity index (χ2n) is 8.91. The largest absolute Gasteiger partial charge is 0.336 e. The molecule has 2 atom stereocenters. The van der Waals surface area contributed by atoms with Crippen LogP contribution in [0.5, 0.6) is 0 Å². The van der Waals surface area contributed by atoms with E-state index in [9.17, 15) is 9.59 Å². The maximum Gasteiger partial charge on any atom is 0.261 e. The molecule has 0 saturated carbocycles. The van der Waals surface area contributed by atoms with Gasteiger partial charge in [0.25, 0.3) is 11.8 Å². The first-order valence-corrected chi connectivity index (χ1v) is 11.2. The molecule has 0 spiro atoms. The van der Waals surface area contributed by atoms with Gasteiger partial charge >= 0.3 is 0 Å². The molecule has 0 aliphatic carbocycles. The van der Waals surface area contributed by atoms with Crippen molar-refractivity contribution in [1.82, 2.24) is 14.8 Å². The minimum atomic E-state index is -0.528. The second kappa shape index (κ2) is 9.12. The van der Waals surface area contributed by atoms with Crippen molar-refractivity contribution in [3.63, 3.8) is 0 Å². The molecular formula is C25H28N6O2. The van der Waals surface area contributed by atoms with Gasteiger partial charge in [-0.05, 0) is 63.1 Å². The quantitative estimate of drug-likeness (QED) is 0.723. The highest BCUT2D eigenvalue weighted by Gasteiger charge is 2.33. The molecule has 1 saturated heterocycles. The third kappa shape index (κ3) is 4.37. The summed E-state index contributed by atoms with van der Waals surface area (Å²) in [6.45, 7) is 10.6. The van der Waals surface area contributed by atoms with Gasteiger partial charge in [-0.25, -0.2) is 4.98 Å². The van der Waals surface area contributed by atoms with Gasteiger partial charge in [-0.2, -0.15) is 15.4 Å². The van der Waals surface area contributed by atoms with Gasteiger partial charge in [-0.3, -0.25) is 14.5 Å². The molecule has 8 heteroatoms. The lowest BCUT2D eigenvalue weighted by molar-refractivity contribution is -0.118. The Morgan fingerprint density at radius 1 is 1.21 bits per heavy atom. The number of carbonyl (C=O) groups excluding carboxylic acids is 2. The Labute approximate surface area is 194 Å². The normalized spacial score (nSPS) is 21.0. The van der Waals surface area contributed by atoms with Gasteiger partial charge in [0, 0.05) is 44.1 Å². The van der Waals surface area contributed by atoms with Crippen LogP contribution in [0.2, 0.25) is 0 Å². The zero-order valence-corrected chi connectivity index (χ0v) is 19.4. The van der Waals surface area contributed by atoms with Crippen molar-refractivity contribution in [2.24, 2.45) is 5.10 Å². The maximum absolute atomic E-state index is 13.0. The molecule has 170 valence electrons. The Morgan fingerprint density at radius 3 is 2.61 bits per heavy atom. The first kappa shape index (κ1) is 22.6. The van der Waals surface area contributed by atoms with Gasteiger partial charge < -0.3 is 4.90 Å². The molecule has 0 bridgehead atoms. The second-order valence-corrected chi connectivity index (χ2v) is 8.91. The zero-order valence-electron chi connectivity index (χ0n) is 19.4. The lowest BCUT2D eigenvalue weighted by Crippen LogP contribution is -2.55. The summed E-state index contributed by atoms with van der Waals surface area (Å²) in [5.41, 5.74) is 2.73. The molecule has 4 rings (SSSR count). The van der Waals surface area contributed by atoms with Gasteiger partial charge in [0.2, 0.25) is 0 Å². The van der Waals surface area contributed by atoms with E-state index in [0.29, 0.717) is 42.1 Å². The fourth-order valence-corrected chi connectivity index (χ4v) is 4.61. The van der Waals surface area contributed by atoms with E-state index in [1.165, 1.54) is 11.2 Å². The number of benzene rings is 1. The van der Waals surface area contributed by atoms with Crippen LogP contribution in [-0.4, -0.2) is 64.5 Å². The third-order valence-corrected chi connectivity index (χ3v) is 6.38. The summed E-state index contributed by atoms with van der Waals surface area (Å²) in [6.07, 6.45) is 3.10. The van der Waals surface area contributed by atoms with Crippen molar-refractivity contribution in [1.29, 1.82) is 5.26 Å². The van der Waals surface area contributed by atoms with E-state index in [-0.39, 0.29) is 11.8 Å². The molecular weight excluding hydrogens is 416 g/mol. The van der Waals surface area contributed by atoms with Gasteiger partial charge in [0.1, 0.15) is 5.92 Å². The van der Waals surface area contributed by atoms with Crippen LogP contribution in [0.25, 0.3) is 0 Å². The van der Waals surface area contributed by atoms with Crippen LogP contribution in [0.4, 0.5) is 5.82 Å². The molecule has 2 aromatic rings. The number of nitriles is 1. The summed E-state index contributed by atoms with van der Waals surface area (Å²) in [4.78, 5) is 34.6. The van der Waals surface area contributed by atoms with Crippen molar-refractivity contribution in [3.8, 4) is 6.07 Å². The van der Waals surface area contributed by atoms with E-state index >= 15 is 0 Å². The highest BCUT2D eigenvalue weighted by molar-refractivity contribution is 6.12. The molecule has 2 amide bonds. The predicted octanol–water partition coefficient (Wildman–Crippen LogP) is 2.93. The first-order valence-electron chi connectivity index (χ1n) is 11.2. The van der Waals surface area contributed by atoms with E-state index in [2.05, 4.69) is 41.8 Å². The molecule has 0 radical (unpaired) electrons. The van der Waals surface area contributed by atoms with E-state index in [1.807, 2.05) is 11.8 Å². The summed E-state index contributed by atoms with van der Waals surface area (Å²) in [6, 6.07) is 11.5. The highest BCUT2D eigenvalue weighted by atomic mass is 16.2. The summed E-state index contributed by atoms with van der Waals surface area (Å²) in [5.74, 6) is -0.418. The Morgan fingerprint density at radius 2 is 2.00 bits per heavy atom. The van der Waals surface area contributed by atoms with Crippen LogP contribution in [0.15, 0.2) is 41.6 Å². The number of pyridine rings is 1. The Hall–Kier alpha value is -3.57. The number of anilines is 1. The van der Waals surface area contributed by atoms with Crippen LogP contribution in [0.1, 0.15) is 53.7 Å². The number of aromatic nitrogens is 1. The number of hydrogen-bond acceptors (Lipinski definition) is 6. The van der Waals surface area contributed by atoms with Crippen molar-refractivity contribution in [2.45, 2.75) is 45.7 Å². The number of hydrazone groups is 1. The fourth-order valence-electron chi connectivity index (χ4n) is 4.61. The zero-order chi connectivity index (χ0) is 23.7. The summed E-state index contributed by atoms with van der Waals surface area (Å²) in [7, 11) is 0. The van der Waals surface area contributed by atoms with Gasteiger partial charge in [-0.15, -0.1) is 0 Å². The Bertz CT molecular complexity index is 1130. The highest BCUT2D eigenvalue weighted by Crippen LogP contribution is 2.28. The number of carbonyl (C=O) groups is 2. The SMILES string of the molecule is Cc1cc(C#N)ccc1C1C=NN(c2ccc(C(=O)N3CCN(C(C)C)[C@@H](C)C3)cn2)C1=O. The number of rotatable bonds is 4. The average molecular weight is 445 g/mol. The summed E-state index contributed by atoms with van der Waals surface area (Å²) >= 11 is 0. The standard InChI is InChI=1S/C25H28N6O2/c1-16(2)30-10-9-29(15-18(30)4)24(32)20-6-8-23(27-13-20)31-25(33)22(14-28-31)21-7-5-19(12-26)11-17(21)3/h5-8,11,13-14,16,18,22H,9-10,15H2,1-4H3/t18-,22?/m0/s1. The number of hydrogen-bond donors (Lipinski definition) is 0.